The minimum absolute atomic E-state index is 0.0626. The molecule has 0 aliphatic heterocycles. The fraction of sp³-hybridized carbons (Fsp3) is 0.333. The predicted octanol–water partition coefficient (Wildman–Crippen LogP) is 3.35. The molecule has 0 N–H and O–H groups in total. The second-order valence-corrected chi connectivity index (χ2v) is 3.77. The van der Waals surface area contributed by atoms with E-state index in [4.69, 9.17) is 9.47 Å². The topological polar surface area (TPSA) is 18.5 Å². The summed E-state index contributed by atoms with van der Waals surface area (Å²) in [4.78, 5) is 0. The molecule has 1 aromatic rings. The Morgan fingerprint density at radius 2 is 1.88 bits per heavy atom. The average Bonchev–Trinajstić information content (AvgIpc) is 2.37. The van der Waals surface area contributed by atoms with Gasteiger partial charge in [0.1, 0.15) is 0 Å². The molecule has 0 spiro atoms. The fourth-order valence-corrected chi connectivity index (χ4v) is 1.44. The summed E-state index contributed by atoms with van der Waals surface area (Å²) in [7, 11) is 0. The van der Waals surface area contributed by atoms with Crippen molar-refractivity contribution in [1.82, 2.24) is 0 Å². The summed E-state index contributed by atoms with van der Waals surface area (Å²) in [5.41, 5.74) is 1.17. The molecule has 0 heterocycles. The zero-order valence-electron chi connectivity index (χ0n) is 10.2. The van der Waals surface area contributed by atoms with Crippen molar-refractivity contribution in [2.75, 3.05) is 13.2 Å². The Morgan fingerprint density at radius 1 is 1.12 bits per heavy atom. The third kappa shape index (κ3) is 6.05. The van der Waals surface area contributed by atoms with Crippen LogP contribution in [0.4, 0.5) is 0 Å². The lowest BCUT2D eigenvalue weighted by molar-refractivity contribution is -0.0166. The summed E-state index contributed by atoms with van der Waals surface area (Å²) in [5, 5.41) is 0. The van der Waals surface area contributed by atoms with Crippen molar-refractivity contribution in [2.24, 2.45) is 0 Å². The van der Waals surface area contributed by atoms with E-state index in [1.54, 1.807) is 6.08 Å². The lowest BCUT2D eigenvalue weighted by Gasteiger charge is -2.16. The molecule has 0 aliphatic carbocycles. The van der Waals surface area contributed by atoms with Gasteiger partial charge in [0, 0.05) is 0 Å². The highest BCUT2D eigenvalue weighted by atomic mass is 16.5. The molecule has 17 heavy (non-hydrogen) atoms. The smallest absolute Gasteiger partial charge is 0.0847 e. The minimum Gasteiger partial charge on any atom is -0.375 e. The Balaban J connectivity index is 2.33. The van der Waals surface area contributed by atoms with Gasteiger partial charge in [0.05, 0.1) is 25.9 Å². The first-order valence-electron chi connectivity index (χ1n) is 5.82. The fourth-order valence-electron chi connectivity index (χ4n) is 1.44. The van der Waals surface area contributed by atoms with Crippen molar-refractivity contribution in [3.05, 3.63) is 61.2 Å². The van der Waals surface area contributed by atoms with Gasteiger partial charge < -0.3 is 9.47 Å². The van der Waals surface area contributed by atoms with Crippen molar-refractivity contribution in [3.63, 3.8) is 0 Å². The van der Waals surface area contributed by atoms with Crippen LogP contribution in [0.1, 0.15) is 12.0 Å². The van der Waals surface area contributed by atoms with Gasteiger partial charge >= 0.3 is 0 Å². The molecular weight excluding hydrogens is 212 g/mol. The van der Waals surface area contributed by atoms with Crippen LogP contribution in [0, 0.1) is 0 Å². The van der Waals surface area contributed by atoms with Gasteiger partial charge in [0.2, 0.25) is 0 Å². The van der Waals surface area contributed by atoms with Gasteiger partial charge in [-0.25, -0.2) is 0 Å². The van der Waals surface area contributed by atoms with Crippen LogP contribution in [0.3, 0.4) is 0 Å². The number of ether oxygens (including phenoxy) is 2. The molecule has 92 valence electrons. The Bertz CT molecular complexity index is 319. The van der Waals surface area contributed by atoms with Crippen LogP contribution in [0.15, 0.2) is 55.6 Å². The van der Waals surface area contributed by atoms with Crippen molar-refractivity contribution >= 4 is 0 Å². The van der Waals surface area contributed by atoms with E-state index < -0.39 is 0 Å². The summed E-state index contributed by atoms with van der Waals surface area (Å²) in [6.07, 6.45) is 4.45. The summed E-state index contributed by atoms with van der Waals surface area (Å²) < 4.78 is 11.2. The van der Waals surface area contributed by atoms with Gasteiger partial charge in [0.25, 0.3) is 0 Å². The lowest BCUT2D eigenvalue weighted by Crippen LogP contribution is -2.19. The Hall–Kier alpha value is -1.38. The molecule has 0 fully saturated rings. The first-order chi connectivity index (χ1) is 8.36. The Morgan fingerprint density at radius 3 is 2.53 bits per heavy atom. The maximum absolute atomic E-state index is 5.78. The van der Waals surface area contributed by atoms with Crippen LogP contribution < -0.4 is 0 Å². The summed E-state index contributed by atoms with van der Waals surface area (Å²) in [5.74, 6) is 0. The largest absolute Gasteiger partial charge is 0.375 e. The molecule has 0 aliphatic rings. The third-order valence-electron chi connectivity index (χ3n) is 2.30. The first kappa shape index (κ1) is 13.7. The molecule has 1 rings (SSSR count). The molecule has 0 amide bonds. The molecule has 2 nitrogen and oxygen atoms in total. The molecule has 2 heteroatoms. The molecule has 1 unspecified atom stereocenters. The molecule has 0 radical (unpaired) electrons. The van der Waals surface area contributed by atoms with E-state index in [2.05, 4.69) is 25.3 Å². The van der Waals surface area contributed by atoms with Gasteiger partial charge in [-0.15, -0.1) is 13.2 Å². The van der Waals surface area contributed by atoms with E-state index in [0.29, 0.717) is 19.8 Å². The van der Waals surface area contributed by atoms with E-state index >= 15 is 0 Å². The molecule has 1 atom stereocenters. The highest BCUT2D eigenvalue weighted by Gasteiger charge is 2.07. The maximum atomic E-state index is 5.78. The van der Waals surface area contributed by atoms with Crippen molar-refractivity contribution in [3.8, 4) is 0 Å². The lowest BCUT2D eigenvalue weighted by atomic mass is 10.2. The molecule has 0 bridgehead atoms. The van der Waals surface area contributed by atoms with Crippen molar-refractivity contribution in [2.45, 2.75) is 19.1 Å². The Labute approximate surface area is 104 Å². The van der Waals surface area contributed by atoms with E-state index in [-0.39, 0.29) is 6.10 Å². The van der Waals surface area contributed by atoms with Crippen LogP contribution in [0.25, 0.3) is 0 Å². The second kappa shape index (κ2) is 8.74. The van der Waals surface area contributed by atoms with Crippen LogP contribution in [-0.4, -0.2) is 19.3 Å². The van der Waals surface area contributed by atoms with E-state index in [1.165, 1.54) is 5.56 Å². The van der Waals surface area contributed by atoms with E-state index in [9.17, 15) is 0 Å². The number of rotatable bonds is 9. The normalized spacial score (nSPS) is 12.0. The monoisotopic (exact) mass is 232 g/mol. The van der Waals surface area contributed by atoms with Crippen molar-refractivity contribution in [1.29, 1.82) is 0 Å². The summed E-state index contributed by atoms with van der Waals surface area (Å²) in [6, 6.07) is 10.1. The highest BCUT2D eigenvalue weighted by molar-refractivity contribution is 5.13. The number of hydrogen-bond acceptors (Lipinski definition) is 2. The van der Waals surface area contributed by atoms with Gasteiger partial charge in [-0.2, -0.15) is 0 Å². The van der Waals surface area contributed by atoms with Crippen LogP contribution in [0.2, 0.25) is 0 Å². The van der Waals surface area contributed by atoms with Gasteiger partial charge in [0.15, 0.2) is 0 Å². The quantitative estimate of drug-likeness (QED) is 0.480. The second-order valence-electron chi connectivity index (χ2n) is 3.77. The SMILES string of the molecule is C=CCOCC(CC=C)OCc1ccccc1. The zero-order chi connectivity index (χ0) is 12.3. The average molecular weight is 232 g/mol. The van der Waals surface area contributed by atoms with E-state index in [0.717, 1.165) is 6.42 Å². The first-order valence-corrected chi connectivity index (χ1v) is 5.82. The third-order valence-corrected chi connectivity index (χ3v) is 2.30. The highest BCUT2D eigenvalue weighted by Crippen LogP contribution is 2.07. The molecular formula is C15H20O2. The summed E-state index contributed by atoms with van der Waals surface area (Å²) in [6.45, 7) is 9.08. The molecule has 0 saturated carbocycles. The van der Waals surface area contributed by atoms with Gasteiger partial charge in [-0.05, 0) is 12.0 Å². The van der Waals surface area contributed by atoms with E-state index in [1.807, 2.05) is 24.3 Å². The number of hydrogen-bond donors (Lipinski definition) is 0. The summed E-state index contributed by atoms with van der Waals surface area (Å²) >= 11 is 0. The molecule has 0 saturated heterocycles. The van der Waals surface area contributed by atoms with Gasteiger partial charge in [-0.3, -0.25) is 0 Å². The molecule has 1 aromatic carbocycles. The van der Waals surface area contributed by atoms with Crippen LogP contribution in [0.5, 0.6) is 0 Å². The predicted molar refractivity (Wildman–Crippen MR) is 70.8 cm³/mol. The maximum Gasteiger partial charge on any atom is 0.0847 e. The number of benzene rings is 1. The van der Waals surface area contributed by atoms with Crippen molar-refractivity contribution < 1.29 is 9.47 Å². The van der Waals surface area contributed by atoms with Gasteiger partial charge in [-0.1, -0.05) is 42.5 Å². The Kier molecular flexibility index (Phi) is 7.03. The minimum atomic E-state index is 0.0626. The standard InChI is InChI=1S/C15H20O2/c1-3-8-15(13-16-11-4-2)17-12-14-9-6-5-7-10-14/h3-7,9-10,15H,1-2,8,11-13H2. The zero-order valence-corrected chi connectivity index (χ0v) is 10.2. The molecule has 0 aromatic heterocycles. The van der Waals surface area contributed by atoms with Crippen LogP contribution >= 0.6 is 0 Å². The van der Waals surface area contributed by atoms with Crippen LogP contribution in [-0.2, 0) is 16.1 Å².